The molecule has 1 saturated heterocycles. The molecule has 1 aromatic carbocycles. The Bertz CT molecular complexity index is 567. The molecule has 1 aromatic rings. The number of ether oxygens (including phenoxy) is 1. The molecule has 0 radical (unpaired) electrons. The first-order valence-corrected chi connectivity index (χ1v) is 6.93. The summed E-state index contributed by atoms with van der Waals surface area (Å²) in [4.78, 5) is 0. The van der Waals surface area contributed by atoms with Crippen molar-refractivity contribution >= 4 is 5.57 Å². The third-order valence-electron chi connectivity index (χ3n) is 3.91. The molecular weight excluding hydrogens is 286 g/mol. The summed E-state index contributed by atoms with van der Waals surface area (Å²) >= 11 is 0. The van der Waals surface area contributed by atoms with E-state index < -0.39 is 17.9 Å². The Hall–Kier alpha value is -1.56. The third kappa shape index (κ3) is 3.37. The summed E-state index contributed by atoms with van der Waals surface area (Å²) in [6, 6.07) is 3.88. The summed E-state index contributed by atoms with van der Waals surface area (Å²) < 4.78 is 54.2. The molecule has 114 valence electrons. The number of benzene rings is 1. The minimum Gasteiger partial charge on any atom is -0.406 e. The minimum absolute atomic E-state index is 0.234. The fraction of sp³-hybridized carbons (Fsp3) is 0.467. The molecule has 0 saturated carbocycles. The Morgan fingerprint density at radius 1 is 1.19 bits per heavy atom. The van der Waals surface area contributed by atoms with Crippen LogP contribution in [-0.2, 0) is 0 Å². The predicted molar refractivity (Wildman–Crippen MR) is 70.2 cm³/mol. The number of piperidine rings is 1. The van der Waals surface area contributed by atoms with Crippen LogP contribution in [0.2, 0.25) is 0 Å². The van der Waals surface area contributed by atoms with Gasteiger partial charge in [0.25, 0.3) is 0 Å². The van der Waals surface area contributed by atoms with E-state index in [1.54, 1.807) is 0 Å². The molecule has 3 rings (SSSR count). The van der Waals surface area contributed by atoms with Gasteiger partial charge in [0.15, 0.2) is 0 Å². The smallest absolute Gasteiger partial charge is 0.406 e. The molecule has 6 heteroatoms. The molecule has 2 heterocycles. The van der Waals surface area contributed by atoms with Crippen molar-refractivity contribution in [3.63, 3.8) is 0 Å². The van der Waals surface area contributed by atoms with Crippen molar-refractivity contribution in [2.24, 2.45) is 0 Å². The molecule has 2 aliphatic heterocycles. The molecule has 21 heavy (non-hydrogen) atoms. The highest BCUT2D eigenvalue weighted by atomic mass is 19.4. The van der Waals surface area contributed by atoms with E-state index in [1.165, 1.54) is 6.07 Å². The van der Waals surface area contributed by atoms with Gasteiger partial charge in [0.2, 0.25) is 0 Å². The highest BCUT2D eigenvalue weighted by Crippen LogP contribution is 2.34. The quantitative estimate of drug-likeness (QED) is 0.833. The summed E-state index contributed by atoms with van der Waals surface area (Å²) in [7, 11) is 0. The zero-order chi connectivity index (χ0) is 15.0. The molecule has 2 bridgehead atoms. The number of rotatable bonds is 2. The van der Waals surface area contributed by atoms with Crippen molar-refractivity contribution in [1.29, 1.82) is 0 Å². The van der Waals surface area contributed by atoms with Crippen LogP contribution >= 0.6 is 0 Å². The molecule has 2 aliphatic rings. The second-order valence-electron chi connectivity index (χ2n) is 5.49. The van der Waals surface area contributed by atoms with Gasteiger partial charge in [0, 0.05) is 23.7 Å². The van der Waals surface area contributed by atoms with Gasteiger partial charge in [-0.05, 0) is 37.0 Å². The van der Waals surface area contributed by atoms with Crippen LogP contribution < -0.4 is 10.1 Å². The maximum Gasteiger partial charge on any atom is 0.573 e. The highest BCUT2D eigenvalue weighted by Gasteiger charge is 2.32. The second-order valence-corrected chi connectivity index (χ2v) is 5.49. The van der Waals surface area contributed by atoms with Crippen LogP contribution in [0.5, 0.6) is 5.75 Å². The SMILES string of the molecule is Fc1cc(OC(F)(F)F)ccc1C1=CC2CCCC(C1)N2. The van der Waals surface area contributed by atoms with Crippen molar-refractivity contribution in [3.05, 3.63) is 35.7 Å². The number of nitrogens with one attached hydrogen (secondary N) is 1. The largest absolute Gasteiger partial charge is 0.573 e. The Kier molecular flexibility index (Phi) is 3.65. The predicted octanol–water partition coefficient (Wildman–Crippen LogP) is 4.02. The van der Waals surface area contributed by atoms with E-state index >= 15 is 0 Å². The average molecular weight is 301 g/mol. The lowest BCUT2D eigenvalue weighted by molar-refractivity contribution is -0.274. The van der Waals surface area contributed by atoms with Gasteiger partial charge >= 0.3 is 6.36 Å². The van der Waals surface area contributed by atoms with Gasteiger partial charge in [0.05, 0.1) is 0 Å². The topological polar surface area (TPSA) is 21.3 Å². The van der Waals surface area contributed by atoms with Crippen molar-refractivity contribution in [3.8, 4) is 5.75 Å². The van der Waals surface area contributed by atoms with E-state index in [0.717, 1.165) is 37.0 Å². The number of hydrogen-bond acceptors (Lipinski definition) is 2. The van der Waals surface area contributed by atoms with Crippen LogP contribution in [0.4, 0.5) is 17.6 Å². The van der Waals surface area contributed by atoms with E-state index in [2.05, 4.69) is 10.1 Å². The minimum atomic E-state index is -4.81. The molecule has 1 fully saturated rings. The molecule has 0 spiro atoms. The second kappa shape index (κ2) is 5.33. The number of hydrogen-bond donors (Lipinski definition) is 1. The van der Waals surface area contributed by atoms with Crippen LogP contribution in [-0.4, -0.2) is 18.4 Å². The van der Waals surface area contributed by atoms with Crippen LogP contribution in [0.1, 0.15) is 31.2 Å². The Labute approximate surface area is 119 Å². The fourth-order valence-electron chi connectivity index (χ4n) is 3.08. The van der Waals surface area contributed by atoms with Crippen LogP contribution in [0.3, 0.4) is 0 Å². The molecular formula is C15H15F4NO. The molecule has 2 unspecified atom stereocenters. The summed E-state index contributed by atoms with van der Waals surface area (Å²) in [5.41, 5.74) is 1.22. The van der Waals surface area contributed by atoms with Crippen LogP contribution in [0, 0.1) is 5.82 Å². The van der Waals surface area contributed by atoms with Gasteiger partial charge < -0.3 is 10.1 Å². The van der Waals surface area contributed by atoms with Gasteiger partial charge in [-0.1, -0.05) is 12.5 Å². The zero-order valence-electron chi connectivity index (χ0n) is 11.2. The van der Waals surface area contributed by atoms with Gasteiger partial charge in [-0.25, -0.2) is 4.39 Å². The maximum atomic E-state index is 14.1. The van der Waals surface area contributed by atoms with Gasteiger partial charge in [-0.2, -0.15) is 0 Å². The monoisotopic (exact) mass is 301 g/mol. The fourth-order valence-corrected chi connectivity index (χ4v) is 3.08. The molecule has 1 N–H and O–H groups in total. The van der Waals surface area contributed by atoms with E-state index in [1.807, 2.05) is 6.08 Å². The third-order valence-corrected chi connectivity index (χ3v) is 3.91. The molecule has 2 nitrogen and oxygen atoms in total. The number of fused-ring (bicyclic) bond motifs is 2. The number of halogens is 4. The Morgan fingerprint density at radius 3 is 2.67 bits per heavy atom. The Balaban J connectivity index is 1.84. The maximum absolute atomic E-state index is 14.1. The molecule has 2 atom stereocenters. The highest BCUT2D eigenvalue weighted by molar-refractivity contribution is 5.68. The van der Waals surface area contributed by atoms with Gasteiger partial charge in [-0.3, -0.25) is 0 Å². The summed E-state index contributed by atoms with van der Waals surface area (Å²) in [6.45, 7) is 0. The molecule has 0 aromatic heterocycles. The summed E-state index contributed by atoms with van der Waals surface area (Å²) in [6.07, 6.45) is 1.08. The molecule has 0 aliphatic carbocycles. The van der Waals surface area contributed by atoms with Gasteiger partial charge in [-0.15, -0.1) is 13.2 Å². The van der Waals surface area contributed by atoms with Crippen molar-refractivity contribution < 1.29 is 22.3 Å². The standard InChI is InChI=1S/C15H15F4NO/c16-14-8-12(21-15(17,18)19)4-5-13(14)9-6-10-2-1-3-11(7-9)20-10/h4-6,8,10-11,20H,1-3,7H2. The van der Waals surface area contributed by atoms with Crippen molar-refractivity contribution in [1.82, 2.24) is 5.32 Å². The van der Waals surface area contributed by atoms with Crippen LogP contribution in [0.25, 0.3) is 5.57 Å². The van der Waals surface area contributed by atoms with E-state index in [-0.39, 0.29) is 6.04 Å². The van der Waals surface area contributed by atoms with Crippen molar-refractivity contribution in [2.45, 2.75) is 44.1 Å². The van der Waals surface area contributed by atoms with E-state index in [0.29, 0.717) is 18.0 Å². The normalized spacial score (nSPS) is 25.4. The Morgan fingerprint density at radius 2 is 2.00 bits per heavy atom. The summed E-state index contributed by atoms with van der Waals surface area (Å²) in [5, 5.41) is 3.44. The van der Waals surface area contributed by atoms with E-state index in [9.17, 15) is 17.6 Å². The van der Waals surface area contributed by atoms with Crippen LogP contribution in [0.15, 0.2) is 24.3 Å². The van der Waals surface area contributed by atoms with Gasteiger partial charge in [0.1, 0.15) is 11.6 Å². The lowest BCUT2D eigenvalue weighted by Crippen LogP contribution is -2.44. The lowest BCUT2D eigenvalue weighted by Gasteiger charge is -2.35. The number of alkyl halides is 3. The summed E-state index contributed by atoms with van der Waals surface area (Å²) in [5.74, 6) is -1.21. The van der Waals surface area contributed by atoms with E-state index in [4.69, 9.17) is 0 Å². The zero-order valence-corrected chi connectivity index (χ0v) is 11.2. The van der Waals surface area contributed by atoms with Crippen molar-refractivity contribution in [2.75, 3.05) is 0 Å². The first-order chi connectivity index (χ1) is 9.90. The first kappa shape index (κ1) is 14.4. The lowest BCUT2D eigenvalue weighted by atomic mass is 9.85. The average Bonchev–Trinajstić information content (AvgIpc) is 2.36. The first-order valence-electron chi connectivity index (χ1n) is 6.93. The molecule has 0 amide bonds.